The molecule has 4 rings (SSSR count). The van der Waals surface area contributed by atoms with Crippen molar-refractivity contribution in [3.63, 3.8) is 0 Å². The summed E-state index contributed by atoms with van der Waals surface area (Å²) >= 11 is 2.99. The van der Waals surface area contributed by atoms with Crippen LogP contribution in [-0.2, 0) is 15.0 Å². The molecule has 2 N–H and O–H groups in total. The number of nitrogens with one attached hydrogen (secondary N) is 2. The summed E-state index contributed by atoms with van der Waals surface area (Å²) in [5, 5.41) is 6.38. The van der Waals surface area contributed by atoms with E-state index in [2.05, 4.69) is 34.4 Å². The van der Waals surface area contributed by atoms with Crippen molar-refractivity contribution in [2.24, 2.45) is 0 Å². The zero-order chi connectivity index (χ0) is 22.9. The lowest BCUT2D eigenvalue weighted by Crippen LogP contribution is -2.51. The molecule has 3 heterocycles. The van der Waals surface area contributed by atoms with E-state index in [1.165, 1.54) is 11.3 Å². The number of aromatic nitrogens is 1. The molecule has 1 fully saturated rings. The van der Waals surface area contributed by atoms with Gasteiger partial charge in [0, 0.05) is 25.2 Å². The van der Waals surface area contributed by atoms with Crippen LogP contribution in [0.2, 0.25) is 0 Å². The molecular weight excluding hydrogens is 444 g/mol. The molecule has 0 bridgehead atoms. The monoisotopic (exact) mass is 470 g/mol. The maximum atomic E-state index is 12.8. The molecule has 32 heavy (non-hydrogen) atoms. The average Bonchev–Trinajstić information content (AvgIpc) is 3.35. The van der Waals surface area contributed by atoms with E-state index in [1.54, 1.807) is 23.5 Å². The lowest BCUT2D eigenvalue weighted by atomic mass is 9.72. The van der Waals surface area contributed by atoms with E-state index in [1.807, 2.05) is 25.1 Å². The lowest BCUT2D eigenvalue weighted by molar-refractivity contribution is -0.138. The van der Waals surface area contributed by atoms with Crippen molar-refractivity contribution in [3.8, 4) is 0 Å². The molecule has 1 aliphatic rings. The SMILES string of the molecule is CCN(CC)c1nc2sc(C(=O)Nc3ccc(C4(CC)CCC(=O)NC4=O)cc3)cc2s1. The fraction of sp³-hybridized carbons (Fsp3) is 0.391. The second-order valence-corrected chi connectivity index (χ2v) is 9.83. The van der Waals surface area contributed by atoms with E-state index in [0.29, 0.717) is 29.8 Å². The van der Waals surface area contributed by atoms with Crippen LogP contribution < -0.4 is 15.5 Å². The smallest absolute Gasteiger partial charge is 0.265 e. The third kappa shape index (κ3) is 4.02. The van der Waals surface area contributed by atoms with Gasteiger partial charge in [0.15, 0.2) is 5.13 Å². The van der Waals surface area contributed by atoms with E-state index < -0.39 is 5.41 Å². The minimum Gasteiger partial charge on any atom is -0.349 e. The Morgan fingerprint density at radius 1 is 1.16 bits per heavy atom. The number of piperidine rings is 1. The zero-order valence-electron chi connectivity index (χ0n) is 18.4. The Balaban J connectivity index is 1.48. The fourth-order valence-electron chi connectivity index (χ4n) is 4.10. The van der Waals surface area contributed by atoms with Crippen LogP contribution in [0.15, 0.2) is 30.3 Å². The van der Waals surface area contributed by atoms with Gasteiger partial charge in [-0.15, -0.1) is 11.3 Å². The molecule has 1 atom stereocenters. The van der Waals surface area contributed by atoms with Crippen molar-refractivity contribution < 1.29 is 14.4 Å². The van der Waals surface area contributed by atoms with Gasteiger partial charge in [-0.2, -0.15) is 0 Å². The summed E-state index contributed by atoms with van der Waals surface area (Å²) in [5.41, 5.74) is 0.807. The van der Waals surface area contributed by atoms with Crippen LogP contribution in [0.1, 0.15) is 55.3 Å². The number of fused-ring (bicyclic) bond motifs is 1. The first-order valence-corrected chi connectivity index (χ1v) is 12.4. The predicted octanol–water partition coefficient (Wildman–Crippen LogP) is 4.54. The normalized spacial score (nSPS) is 18.6. The van der Waals surface area contributed by atoms with E-state index in [9.17, 15) is 14.4 Å². The van der Waals surface area contributed by atoms with Crippen LogP contribution in [0.5, 0.6) is 0 Å². The molecule has 0 spiro atoms. The van der Waals surface area contributed by atoms with E-state index in [-0.39, 0.29) is 17.7 Å². The van der Waals surface area contributed by atoms with Crippen LogP contribution >= 0.6 is 22.7 Å². The number of carbonyl (C=O) groups is 3. The number of hydrogen-bond donors (Lipinski definition) is 2. The molecule has 168 valence electrons. The summed E-state index contributed by atoms with van der Waals surface area (Å²) in [4.78, 5) is 45.3. The molecular formula is C23H26N4O3S2. The third-order valence-corrected chi connectivity index (χ3v) is 8.32. The van der Waals surface area contributed by atoms with E-state index in [0.717, 1.165) is 33.3 Å². The first kappa shape index (κ1) is 22.4. The summed E-state index contributed by atoms with van der Waals surface area (Å²) in [6.45, 7) is 7.96. The summed E-state index contributed by atoms with van der Waals surface area (Å²) in [6, 6.07) is 9.23. The number of thiazole rings is 1. The molecule has 1 aromatic carbocycles. The number of rotatable bonds is 7. The molecule has 3 amide bonds. The van der Waals surface area contributed by atoms with Gasteiger partial charge in [-0.3, -0.25) is 19.7 Å². The van der Waals surface area contributed by atoms with Crippen molar-refractivity contribution >= 4 is 60.7 Å². The Morgan fingerprint density at radius 2 is 1.88 bits per heavy atom. The highest BCUT2D eigenvalue weighted by molar-refractivity contribution is 7.29. The number of hydrogen-bond acceptors (Lipinski definition) is 7. The molecule has 1 aliphatic heterocycles. The number of carbonyl (C=O) groups excluding carboxylic acids is 3. The number of anilines is 2. The van der Waals surface area contributed by atoms with Crippen LogP contribution in [0.4, 0.5) is 10.8 Å². The van der Waals surface area contributed by atoms with Gasteiger partial charge in [0.25, 0.3) is 5.91 Å². The Labute approximate surface area is 194 Å². The maximum absolute atomic E-state index is 12.8. The molecule has 9 heteroatoms. The average molecular weight is 471 g/mol. The first-order chi connectivity index (χ1) is 15.4. The lowest BCUT2D eigenvalue weighted by Gasteiger charge is -2.35. The molecule has 1 saturated heterocycles. The van der Waals surface area contributed by atoms with Gasteiger partial charge in [-0.1, -0.05) is 30.4 Å². The van der Waals surface area contributed by atoms with Gasteiger partial charge in [-0.25, -0.2) is 4.98 Å². The Kier molecular flexibility index (Phi) is 6.30. The van der Waals surface area contributed by atoms with E-state index >= 15 is 0 Å². The first-order valence-electron chi connectivity index (χ1n) is 10.8. The van der Waals surface area contributed by atoms with E-state index in [4.69, 9.17) is 0 Å². The highest BCUT2D eigenvalue weighted by Crippen LogP contribution is 2.37. The topological polar surface area (TPSA) is 91.4 Å². The van der Waals surface area contributed by atoms with Gasteiger partial charge in [0.2, 0.25) is 11.8 Å². The second-order valence-electron chi connectivity index (χ2n) is 7.79. The van der Waals surface area contributed by atoms with Gasteiger partial charge in [0.05, 0.1) is 15.0 Å². The molecule has 0 aliphatic carbocycles. The summed E-state index contributed by atoms with van der Waals surface area (Å²) in [5.74, 6) is -0.649. The van der Waals surface area contributed by atoms with Gasteiger partial charge < -0.3 is 10.2 Å². The largest absolute Gasteiger partial charge is 0.349 e. The quantitative estimate of drug-likeness (QED) is 0.495. The van der Waals surface area contributed by atoms with Crippen LogP contribution in [0.25, 0.3) is 9.53 Å². The molecule has 7 nitrogen and oxygen atoms in total. The van der Waals surface area contributed by atoms with Crippen LogP contribution in [-0.4, -0.2) is 35.8 Å². The zero-order valence-corrected chi connectivity index (χ0v) is 20.0. The standard InChI is InChI=1S/C23H26N4O3S2/c1-4-23(12-11-18(28)25-21(23)30)14-7-9-15(10-8-14)24-19(29)16-13-17-20(31-16)26-22(32-17)27(5-2)6-3/h7-10,13H,4-6,11-12H2,1-3H3,(H,24,29)(H,25,28,30). The van der Waals surface area contributed by atoms with Crippen LogP contribution in [0, 0.1) is 0 Å². The molecule has 0 radical (unpaired) electrons. The third-order valence-electron chi connectivity index (χ3n) is 6.10. The number of imide groups is 1. The summed E-state index contributed by atoms with van der Waals surface area (Å²) in [7, 11) is 0. The highest BCUT2D eigenvalue weighted by Gasteiger charge is 2.42. The summed E-state index contributed by atoms with van der Waals surface area (Å²) in [6.07, 6.45) is 1.43. The molecule has 2 aromatic heterocycles. The number of thiophene rings is 1. The Hall–Kier alpha value is -2.78. The van der Waals surface area contributed by atoms with Crippen molar-refractivity contribution in [2.75, 3.05) is 23.3 Å². The van der Waals surface area contributed by atoms with Crippen LogP contribution in [0.3, 0.4) is 0 Å². The molecule has 0 saturated carbocycles. The van der Waals surface area contributed by atoms with Crippen molar-refractivity contribution in [1.82, 2.24) is 10.3 Å². The maximum Gasteiger partial charge on any atom is 0.265 e. The number of amides is 3. The molecule has 1 unspecified atom stereocenters. The minimum absolute atomic E-state index is 0.177. The van der Waals surface area contributed by atoms with Crippen molar-refractivity contribution in [3.05, 3.63) is 40.8 Å². The Morgan fingerprint density at radius 3 is 2.47 bits per heavy atom. The second kappa shape index (κ2) is 8.99. The van der Waals surface area contributed by atoms with Gasteiger partial charge in [0.1, 0.15) is 4.83 Å². The van der Waals surface area contributed by atoms with Crippen molar-refractivity contribution in [1.29, 1.82) is 0 Å². The van der Waals surface area contributed by atoms with Gasteiger partial charge in [-0.05, 0) is 50.5 Å². The number of benzene rings is 1. The molecule has 3 aromatic rings. The minimum atomic E-state index is -0.706. The van der Waals surface area contributed by atoms with Crippen molar-refractivity contribution in [2.45, 2.75) is 45.4 Å². The Bertz CT molecular complexity index is 1130. The van der Waals surface area contributed by atoms with Gasteiger partial charge >= 0.3 is 0 Å². The highest BCUT2D eigenvalue weighted by atomic mass is 32.1. The summed E-state index contributed by atoms with van der Waals surface area (Å²) < 4.78 is 1.01. The fourth-order valence-corrected chi connectivity index (χ4v) is 6.33. The predicted molar refractivity (Wildman–Crippen MR) is 130 cm³/mol. The number of nitrogens with zero attached hydrogens (tertiary/aromatic N) is 2.